The minimum Gasteiger partial charge on any atom is -0.481 e. The molecule has 1 aliphatic rings. The standard InChI is InChI=1S/C19H31N3O4S/c1-14(2)16-6-8-18(9-7-16)26-15(3)19(23)22-12-10-17(11-13-22)20-27(24,25)21(4)5/h6-9,14-15,17,20H,10-13H2,1-5H3. The summed E-state index contributed by atoms with van der Waals surface area (Å²) < 4.78 is 33.4. The molecule has 1 atom stereocenters. The van der Waals surface area contributed by atoms with E-state index in [4.69, 9.17) is 4.74 Å². The lowest BCUT2D eigenvalue weighted by Gasteiger charge is -2.34. The Labute approximate surface area is 162 Å². The molecule has 1 saturated heterocycles. The van der Waals surface area contributed by atoms with Gasteiger partial charge in [-0.05, 0) is 43.4 Å². The molecule has 1 aromatic carbocycles. The van der Waals surface area contributed by atoms with Crippen LogP contribution in [0.15, 0.2) is 24.3 Å². The Morgan fingerprint density at radius 1 is 1.15 bits per heavy atom. The summed E-state index contributed by atoms with van der Waals surface area (Å²) >= 11 is 0. The zero-order valence-electron chi connectivity index (χ0n) is 16.8. The van der Waals surface area contributed by atoms with Crippen molar-refractivity contribution in [3.63, 3.8) is 0 Å². The number of rotatable bonds is 7. The van der Waals surface area contributed by atoms with Crippen LogP contribution in [-0.4, -0.2) is 62.9 Å². The van der Waals surface area contributed by atoms with Gasteiger partial charge in [-0.1, -0.05) is 26.0 Å². The first-order chi connectivity index (χ1) is 12.6. The predicted molar refractivity (Wildman–Crippen MR) is 106 cm³/mol. The van der Waals surface area contributed by atoms with E-state index < -0.39 is 16.3 Å². The van der Waals surface area contributed by atoms with Gasteiger partial charge in [-0.15, -0.1) is 0 Å². The van der Waals surface area contributed by atoms with E-state index in [1.54, 1.807) is 11.8 Å². The van der Waals surface area contributed by atoms with Crippen molar-refractivity contribution in [3.05, 3.63) is 29.8 Å². The smallest absolute Gasteiger partial charge is 0.279 e. The average Bonchev–Trinajstić information content (AvgIpc) is 2.61. The number of hydrogen-bond acceptors (Lipinski definition) is 4. The fraction of sp³-hybridized carbons (Fsp3) is 0.632. The van der Waals surface area contributed by atoms with E-state index in [0.717, 1.165) is 4.31 Å². The zero-order chi connectivity index (χ0) is 20.2. The van der Waals surface area contributed by atoms with Crippen LogP contribution in [0.3, 0.4) is 0 Å². The number of piperidine rings is 1. The van der Waals surface area contributed by atoms with Crippen molar-refractivity contribution in [2.45, 2.75) is 51.7 Å². The van der Waals surface area contributed by atoms with E-state index in [0.29, 0.717) is 37.6 Å². The largest absolute Gasteiger partial charge is 0.481 e. The Balaban J connectivity index is 1.86. The van der Waals surface area contributed by atoms with E-state index in [2.05, 4.69) is 18.6 Å². The lowest BCUT2D eigenvalue weighted by atomic mass is 10.0. The highest BCUT2D eigenvalue weighted by Gasteiger charge is 2.29. The van der Waals surface area contributed by atoms with Crippen molar-refractivity contribution in [2.75, 3.05) is 27.2 Å². The van der Waals surface area contributed by atoms with Crippen LogP contribution in [0.2, 0.25) is 0 Å². The highest BCUT2D eigenvalue weighted by atomic mass is 32.2. The Morgan fingerprint density at radius 2 is 1.70 bits per heavy atom. The maximum absolute atomic E-state index is 12.6. The molecule has 0 radical (unpaired) electrons. The maximum Gasteiger partial charge on any atom is 0.279 e. The molecule has 1 heterocycles. The highest BCUT2D eigenvalue weighted by molar-refractivity contribution is 7.87. The average molecular weight is 398 g/mol. The van der Waals surface area contributed by atoms with Crippen LogP contribution in [-0.2, 0) is 15.0 Å². The van der Waals surface area contributed by atoms with E-state index in [1.807, 2.05) is 24.3 Å². The van der Waals surface area contributed by atoms with Crippen molar-refractivity contribution in [2.24, 2.45) is 0 Å². The van der Waals surface area contributed by atoms with Crippen LogP contribution >= 0.6 is 0 Å². The molecule has 0 saturated carbocycles. The number of carbonyl (C=O) groups excluding carboxylic acids is 1. The van der Waals surface area contributed by atoms with Crippen LogP contribution in [0.25, 0.3) is 0 Å². The first-order valence-electron chi connectivity index (χ1n) is 9.35. The van der Waals surface area contributed by atoms with Crippen molar-refractivity contribution in [3.8, 4) is 5.75 Å². The van der Waals surface area contributed by atoms with Crippen molar-refractivity contribution < 1.29 is 17.9 Å². The van der Waals surface area contributed by atoms with Crippen LogP contribution in [0.5, 0.6) is 5.75 Å². The first kappa shape index (κ1) is 21.7. The molecule has 7 nitrogen and oxygen atoms in total. The van der Waals surface area contributed by atoms with Gasteiger partial charge in [-0.3, -0.25) is 4.79 Å². The Hall–Kier alpha value is -1.64. The topological polar surface area (TPSA) is 79.0 Å². The van der Waals surface area contributed by atoms with Crippen molar-refractivity contribution >= 4 is 16.1 Å². The predicted octanol–water partition coefficient (Wildman–Crippen LogP) is 1.96. The summed E-state index contributed by atoms with van der Waals surface area (Å²) in [6.07, 6.45) is 0.605. The minimum atomic E-state index is -3.45. The molecule has 0 bridgehead atoms. The van der Waals surface area contributed by atoms with Gasteiger partial charge in [-0.25, -0.2) is 0 Å². The molecule has 152 valence electrons. The number of nitrogens with one attached hydrogen (secondary N) is 1. The molecule has 1 aliphatic heterocycles. The fourth-order valence-electron chi connectivity index (χ4n) is 2.98. The number of hydrogen-bond donors (Lipinski definition) is 1. The van der Waals surface area contributed by atoms with Gasteiger partial charge in [0.1, 0.15) is 5.75 Å². The van der Waals surface area contributed by atoms with Crippen LogP contribution in [0, 0.1) is 0 Å². The Bertz CT molecular complexity index is 724. The van der Waals surface area contributed by atoms with Crippen LogP contribution in [0.1, 0.15) is 45.1 Å². The highest BCUT2D eigenvalue weighted by Crippen LogP contribution is 2.20. The second kappa shape index (κ2) is 9.03. The second-order valence-electron chi connectivity index (χ2n) is 7.49. The van der Waals surface area contributed by atoms with E-state index in [1.165, 1.54) is 19.7 Å². The number of amides is 1. The van der Waals surface area contributed by atoms with Gasteiger partial charge in [0.05, 0.1) is 0 Å². The number of benzene rings is 1. The molecule has 1 fully saturated rings. The van der Waals surface area contributed by atoms with E-state index in [9.17, 15) is 13.2 Å². The van der Waals surface area contributed by atoms with Gasteiger partial charge in [0.15, 0.2) is 6.10 Å². The molecule has 2 rings (SSSR count). The van der Waals surface area contributed by atoms with Gasteiger partial charge in [0, 0.05) is 33.2 Å². The number of nitrogens with zero attached hydrogens (tertiary/aromatic N) is 2. The Kier molecular flexibility index (Phi) is 7.25. The lowest BCUT2D eigenvalue weighted by molar-refractivity contribution is -0.139. The maximum atomic E-state index is 12.6. The molecule has 1 amide bonds. The third-order valence-electron chi connectivity index (χ3n) is 4.81. The Morgan fingerprint density at radius 3 is 2.19 bits per heavy atom. The monoisotopic (exact) mass is 397 g/mol. The van der Waals surface area contributed by atoms with Gasteiger partial charge in [-0.2, -0.15) is 17.4 Å². The molecule has 0 aromatic heterocycles. The summed E-state index contributed by atoms with van der Waals surface area (Å²) in [5.74, 6) is 1.05. The summed E-state index contributed by atoms with van der Waals surface area (Å²) in [5, 5.41) is 0. The zero-order valence-corrected chi connectivity index (χ0v) is 17.6. The summed E-state index contributed by atoms with van der Waals surface area (Å²) in [4.78, 5) is 14.4. The number of likely N-dealkylation sites (tertiary alicyclic amines) is 1. The molecule has 1 aromatic rings. The van der Waals surface area contributed by atoms with Gasteiger partial charge in [0.2, 0.25) is 0 Å². The molecular formula is C19H31N3O4S. The first-order valence-corrected chi connectivity index (χ1v) is 10.8. The fourth-order valence-corrected chi connectivity index (χ4v) is 3.84. The molecule has 1 unspecified atom stereocenters. The quantitative estimate of drug-likeness (QED) is 0.763. The molecule has 1 N–H and O–H groups in total. The third kappa shape index (κ3) is 5.92. The normalized spacial score (nSPS) is 17.4. The van der Waals surface area contributed by atoms with E-state index in [-0.39, 0.29) is 11.9 Å². The lowest BCUT2D eigenvalue weighted by Crippen LogP contribution is -2.51. The van der Waals surface area contributed by atoms with Crippen LogP contribution < -0.4 is 9.46 Å². The summed E-state index contributed by atoms with van der Waals surface area (Å²) in [5.41, 5.74) is 1.23. The third-order valence-corrected chi connectivity index (χ3v) is 6.40. The summed E-state index contributed by atoms with van der Waals surface area (Å²) in [6.45, 7) is 7.03. The molecule has 27 heavy (non-hydrogen) atoms. The molecule has 8 heteroatoms. The number of ether oxygens (including phenoxy) is 1. The second-order valence-corrected chi connectivity index (χ2v) is 9.40. The SMILES string of the molecule is CC(Oc1ccc(C(C)C)cc1)C(=O)N1CCC(NS(=O)(=O)N(C)C)CC1. The molecule has 0 spiro atoms. The van der Waals surface area contributed by atoms with E-state index >= 15 is 0 Å². The van der Waals surface area contributed by atoms with Crippen molar-refractivity contribution in [1.29, 1.82) is 0 Å². The summed E-state index contributed by atoms with van der Waals surface area (Å²) in [6, 6.07) is 7.66. The van der Waals surface area contributed by atoms with Gasteiger partial charge in [0.25, 0.3) is 16.1 Å². The molecular weight excluding hydrogens is 366 g/mol. The van der Waals surface area contributed by atoms with Gasteiger partial charge >= 0.3 is 0 Å². The molecule has 0 aliphatic carbocycles. The van der Waals surface area contributed by atoms with Gasteiger partial charge < -0.3 is 9.64 Å². The number of carbonyl (C=O) groups is 1. The van der Waals surface area contributed by atoms with Crippen LogP contribution in [0.4, 0.5) is 0 Å². The minimum absolute atomic E-state index is 0.0724. The summed E-state index contributed by atoms with van der Waals surface area (Å²) in [7, 11) is -0.460. The van der Waals surface area contributed by atoms with Crippen molar-refractivity contribution in [1.82, 2.24) is 13.9 Å².